The minimum Gasteiger partial charge on any atom is -0.507 e. The van der Waals surface area contributed by atoms with Gasteiger partial charge in [-0.2, -0.15) is 0 Å². The van der Waals surface area contributed by atoms with Crippen LogP contribution in [0.3, 0.4) is 0 Å². The number of rotatable bonds is 7. The van der Waals surface area contributed by atoms with Crippen LogP contribution in [0.15, 0.2) is 96.6 Å². The maximum atomic E-state index is 13.6. The molecule has 202 valence electrons. The second kappa shape index (κ2) is 11.0. The highest BCUT2D eigenvalue weighted by Crippen LogP contribution is 2.47. The van der Waals surface area contributed by atoms with Crippen LogP contribution in [0.5, 0.6) is 28.7 Å². The number of nitrogens with zero attached hydrogens (tertiary/aromatic N) is 1. The second-order valence-corrected chi connectivity index (χ2v) is 9.24. The first-order valence-corrected chi connectivity index (χ1v) is 12.6. The van der Waals surface area contributed by atoms with Gasteiger partial charge in [0.2, 0.25) is 0 Å². The van der Waals surface area contributed by atoms with Crippen LogP contribution in [0.2, 0.25) is 5.02 Å². The first-order chi connectivity index (χ1) is 19.3. The summed E-state index contributed by atoms with van der Waals surface area (Å²) in [5.74, 6) is -1.16. The molecular weight excluding hydrogens is 534 g/mol. The number of aliphatic hydroxyl groups is 1. The lowest BCUT2D eigenvalue weighted by atomic mass is 9.94. The molecule has 1 aliphatic rings. The van der Waals surface area contributed by atoms with Gasteiger partial charge >= 0.3 is 0 Å². The molecule has 1 heterocycles. The zero-order valence-corrected chi connectivity index (χ0v) is 22.3. The number of anilines is 1. The number of amides is 1. The number of carbonyl (C=O) groups is 2. The number of hydrogen-bond acceptors (Lipinski definition) is 7. The summed E-state index contributed by atoms with van der Waals surface area (Å²) in [6.45, 7) is 0. The number of benzene rings is 4. The van der Waals surface area contributed by atoms with E-state index in [4.69, 9.17) is 25.8 Å². The van der Waals surface area contributed by atoms with Gasteiger partial charge in [-0.25, -0.2) is 0 Å². The van der Waals surface area contributed by atoms with Gasteiger partial charge in [0.1, 0.15) is 34.5 Å². The van der Waals surface area contributed by atoms with Crippen LogP contribution in [0.4, 0.5) is 5.69 Å². The molecule has 0 aliphatic carbocycles. The molecule has 0 spiro atoms. The van der Waals surface area contributed by atoms with Crippen LogP contribution in [-0.2, 0) is 9.59 Å². The van der Waals surface area contributed by atoms with Crippen LogP contribution >= 0.6 is 11.6 Å². The van der Waals surface area contributed by atoms with Gasteiger partial charge in [-0.15, -0.1) is 0 Å². The second-order valence-electron chi connectivity index (χ2n) is 8.83. The van der Waals surface area contributed by atoms with Crippen LogP contribution in [0.1, 0.15) is 17.2 Å². The molecule has 8 nitrogen and oxygen atoms in total. The predicted molar refractivity (Wildman–Crippen MR) is 150 cm³/mol. The molecule has 0 radical (unpaired) electrons. The van der Waals surface area contributed by atoms with E-state index in [2.05, 4.69) is 0 Å². The minimum atomic E-state index is -1.13. The Bertz CT molecular complexity index is 1630. The van der Waals surface area contributed by atoms with Gasteiger partial charge in [-0.3, -0.25) is 14.5 Å². The Hall–Kier alpha value is -4.95. The molecule has 9 heteroatoms. The number of phenolic OH excluding ortho intramolecular Hbond substituents is 1. The lowest BCUT2D eigenvalue weighted by Crippen LogP contribution is -2.29. The molecule has 2 N–H and O–H groups in total. The molecule has 4 aromatic carbocycles. The molecular formula is C31H24ClNO7. The summed E-state index contributed by atoms with van der Waals surface area (Å²) in [4.78, 5) is 28.2. The minimum absolute atomic E-state index is 0.0979. The first-order valence-electron chi connectivity index (χ1n) is 12.2. The summed E-state index contributed by atoms with van der Waals surface area (Å²) < 4.78 is 16.7. The number of halogens is 1. The summed E-state index contributed by atoms with van der Waals surface area (Å²) in [5.41, 5.74) is 0.439. The van der Waals surface area contributed by atoms with E-state index in [0.717, 1.165) is 4.90 Å². The van der Waals surface area contributed by atoms with Gasteiger partial charge in [-0.1, -0.05) is 54.1 Å². The van der Waals surface area contributed by atoms with E-state index in [1.165, 1.54) is 38.5 Å². The number of phenols is 1. The van der Waals surface area contributed by atoms with Crippen molar-refractivity contribution in [3.63, 3.8) is 0 Å². The number of carbonyl (C=O) groups excluding carboxylic acids is 2. The van der Waals surface area contributed by atoms with Crippen molar-refractivity contribution in [2.45, 2.75) is 6.04 Å². The smallest absolute Gasteiger partial charge is 0.300 e. The molecule has 1 unspecified atom stereocenters. The van der Waals surface area contributed by atoms with Gasteiger partial charge < -0.3 is 24.4 Å². The molecule has 1 saturated heterocycles. The number of para-hydroxylation sites is 3. The lowest BCUT2D eigenvalue weighted by molar-refractivity contribution is -0.132. The number of aromatic hydroxyl groups is 1. The maximum Gasteiger partial charge on any atom is 0.300 e. The van der Waals surface area contributed by atoms with Crippen molar-refractivity contribution in [3.05, 3.63) is 113 Å². The average molecular weight is 558 g/mol. The third-order valence-corrected chi connectivity index (χ3v) is 6.76. The molecule has 0 bridgehead atoms. The molecule has 40 heavy (non-hydrogen) atoms. The number of ketones is 1. The third kappa shape index (κ3) is 4.81. The number of ether oxygens (including phenoxy) is 3. The quantitative estimate of drug-likeness (QED) is 0.152. The van der Waals surface area contributed by atoms with Gasteiger partial charge in [0, 0.05) is 6.07 Å². The van der Waals surface area contributed by atoms with Gasteiger partial charge in [-0.05, 0) is 48.0 Å². The van der Waals surface area contributed by atoms with Gasteiger partial charge in [0.25, 0.3) is 11.7 Å². The predicted octanol–water partition coefficient (Wildman–Crippen LogP) is 6.48. The lowest BCUT2D eigenvalue weighted by Gasteiger charge is -2.26. The zero-order chi connectivity index (χ0) is 28.4. The van der Waals surface area contributed by atoms with Crippen LogP contribution in [0.25, 0.3) is 5.76 Å². The highest BCUT2D eigenvalue weighted by molar-refractivity contribution is 6.52. The standard InChI is InChI=1S/C31H24ClNO7/c1-38-25-17-22(32)26(39-2)16-21(25)29(35)27-28(33(31(37)30(27)36)23-13-6-7-14-24(23)34)18-9-8-12-20(15-18)40-19-10-4-3-5-11-19/h3-17,28,34-35H,1-2H3/b29-27+. The van der Waals surface area contributed by atoms with Crippen molar-refractivity contribution in [2.24, 2.45) is 0 Å². The maximum absolute atomic E-state index is 13.6. The van der Waals surface area contributed by atoms with E-state index >= 15 is 0 Å². The highest BCUT2D eigenvalue weighted by Gasteiger charge is 2.48. The Morgan fingerprint density at radius 2 is 1.50 bits per heavy atom. The van der Waals surface area contributed by atoms with Crippen molar-refractivity contribution in [2.75, 3.05) is 19.1 Å². The topological polar surface area (TPSA) is 106 Å². The molecule has 1 atom stereocenters. The zero-order valence-electron chi connectivity index (χ0n) is 21.5. The van der Waals surface area contributed by atoms with E-state index in [9.17, 15) is 19.8 Å². The SMILES string of the molecule is COc1cc(/C(O)=C2\C(=O)C(=O)N(c3ccccc3O)C2c2cccc(Oc3ccccc3)c2)c(OC)cc1Cl. The summed E-state index contributed by atoms with van der Waals surface area (Å²) in [5, 5.41) is 22.5. The average Bonchev–Trinajstić information content (AvgIpc) is 3.23. The Balaban J connectivity index is 1.73. The van der Waals surface area contributed by atoms with Crippen LogP contribution in [-0.4, -0.2) is 36.1 Å². The van der Waals surface area contributed by atoms with Crippen LogP contribution in [0, 0.1) is 0 Å². The van der Waals surface area contributed by atoms with Gasteiger partial charge in [0.05, 0.1) is 42.1 Å². The monoisotopic (exact) mass is 557 g/mol. The molecule has 0 saturated carbocycles. The van der Waals surface area contributed by atoms with Crippen molar-refractivity contribution >= 4 is 34.7 Å². The Labute approximate surface area is 235 Å². The fourth-order valence-corrected chi connectivity index (χ4v) is 4.86. The number of methoxy groups -OCH3 is 2. The van der Waals surface area contributed by atoms with E-state index in [1.54, 1.807) is 48.5 Å². The molecule has 1 fully saturated rings. The van der Waals surface area contributed by atoms with Crippen molar-refractivity contribution in [1.82, 2.24) is 0 Å². The largest absolute Gasteiger partial charge is 0.507 e. The molecule has 1 aliphatic heterocycles. The van der Waals surface area contributed by atoms with Crippen LogP contribution < -0.4 is 19.1 Å². The van der Waals surface area contributed by atoms with E-state index in [1.807, 2.05) is 18.2 Å². The third-order valence-electron chi connectivity index (χ3n) is 6.47. The van der Waals surface area contributed by atoms with E-state index in [-0.39, 0.29) is 39.1 Å². The summed E-state index contributed by atoms with van der Waals surface area (Å²) in [7, 11) is 2.80. The normalized spacial score (nSPS) is 16.2. The number of aliphatic hydroxyl groups excluding tert-OH is 1. The molecule has 4 aromatic rings. The molecule has 5 rings (SSSR count). The fourth-order valence-electron chi connectivity index (χ4n) is 4.63. The first kappa shape index (κ1) is 26.6. The summed E-state index contributed by atoms with van der Waals surface area (Å²) >= 11 is 6.25. The molecule has 1 amide bonds. The number of Topliss-reactive ketones (excluding diaryl/α,β-unsaturated/α-hetero) is 1. The van der Waals surface area contributed by atoms with Gasteiger partial charge in [0.15, 0.2) is 0 Å². The Kier molecular flexibility index (Phi) is 7.35. The van der Waals surface area contributed by atoms with E-state index < -0.39 is 23.5 Å². The van der Waals surface area contributed by atoms with Crippen molar-refractivity contribution in [3.8, 4) is 28.7 Å². The van der Waals surface area contributed by atoms with E-state index in [0.29, 0.717) is 17.1 Å². The van der Waals surface area contributed by atoms with Crippen molar-refractivity contribution < 1.29 is 34.0 Å². The highest BCUT2D eigenvalue weighted by atomic mass is 35.5. The Morgan fingerprint density at radius 1 is 0.825 bits per heavy atom. The Morgan fingerprint density at radius 3 is 2.20 bits per heavy atom. The molecule has 0 aromatic heterocycles. The number of hydrogen-bond donors (Lipinski definition) is 2. The van der Waals surface area contributed by atoms with Crippen molar-refractivity contribution in [1.29, 1.82) is 0 Å². The summed E-state index contributed by atoms with van der Waals surface area (Å²) in [6, 6.07) is 23.8. The summed E-state index contributed by atoms with van der Waals surface area (Å²) in [6.07, 6.45) is 0. The fraction of sp³-hybridized carbons (Fsp3) is 0.0968.